The summed E-state index contributed by atoms with van der Waals surface area (Å²) in [7, 11) is 1.83. The molecule has 0 aliphatic rings. The van der Waals surface area contributed by atoms with E-state index in [0.717, 1.165) is 29.8 Å². The molecule has 1 aromatic heterocycles. The Morgan fingerprint density at radius 3 is 2.75 bits per heavy atom. The van der Waals surface area contributed by atoms with Crippen LogP contribution in [0.25, 0.3) is 0 Å². The Morgan fingerprint density at radius 1 is 1.20 bits per heavy atom. The zero-order valence-corrected chi connectivity index (χ0v) is 12.0. The summed E-state index contributed by atoms with van der Waals surface area (Å²) >= 11 is 0. The summed E-state index contributed by atoms with van der Waals surface area (Å²) in [5.41, 5.74) is 3.15. The van der Waals surface area contributed by atoms with Crippen molar-refractivity contribution in [1.82, 2.24) is 4.98 Å². The molecule has 0 aliphatic carbocycles. The zero-order valence-electron chi connectivity index (χ0n) is 12.0. The second kappa shape index (κ2) is 6.85. The Labute approximate surface area is 120 Å². The molecule has 0 spiro atoms. The molecule has 0 saturated heterocycles. The van der Waals surface area contributed by atoms with Gasteiger partial charge in [-0.1, -0.05) is 18.2 Å². The quantitative estimate of drug-likeness (QED) is 0.833. The number of pyridine rings is 1. The summed E-state index contributed by atoms with van der Waals surface area (Å²) in [4.78, 5) is 18.1. The lowest BCUT2D eigenvalue weighted by atomic mass is 10.1. The van der Waals surface area contributed by atoms with Crippen LogP contribution in [-0.4, -0.2) is 17.9 Å². The van der Waals surface area contributed by atoms with Crippen LogP contribution in [0.2, 0.25) is 0 Å². The van der Waals surface area contributed by atoms with Crippen molar-refractivity contribution < 1.29 is 4.79 Å². The van der Waals surface area contributed by atoms with Gasteiger partial charge < -0.3 is 4.90 Å². The number of benzene rings is 1. The normalized spacial score (nSPS) is 10.3. The summed E-state index contributed by atoms with van der Waals surface area (Å²) in [6.45, 7) is 2.03. The lowest BCUT2D eigenvalue weighted by Gasteiger charge is -2.17. The number of hydrogen-bond acceptors (Lipinski definition) is 2. The lowest BCUT2D eigenvalue weighted by molar-refractivity contribution is -0.118. The number of carbonyl (C=O) groups excluding carboxylic acids is 1. The van der Waals surface area contributed by atoms with Gasteiger partial charge in [-0.15, -0.1) is 0 Å². The fourth-order valence-electron chi connectivity index (χ4n) is 2.12. The van der Waals surface area contributed by atoms with Crippen LogP contribution in [0.15, 0.2) is 48.7 Å². The van der Waals surface area contributed by atoms with Gasteiger partial charge in [0.15, 0.2) is 0 Å². The van der Waals surface area contributed by atoms with Crippen LogP contribution in [0.4, 0.5) is 5.69 Å². The van der Waals surface area contributed by atoms with Crippen LogP contribution in [0.5, 0.6) is 0 Å². The highest BCUT2D eigenvalue weighted by Crippen LogP contribution is 2.15. The standard InChI is InChI=1S/C17H20N2O/c1-14-7-5-10-16(13-14)19(2)17(20)11-6-9-15-8-3-4-12-18-15/h3-5,7-8,10,12-13H,6,9,11H2,1-2H3. The molecule has 0 N–H and O–H groups in total. The van der Waals surface area contributed by atoms with Crippen molar-refractivity contribution >= 4 is 11.6 Å². The number of aromatic nitrogens is 1. The van der Waals surface area contributed by atoms with Gasteiger partial charge in [0.05, 0.1) is 0 Å². The highest BCUT2D eigenvalue weighted by molar-refractivity contribution is 5.92. The molecule has 20 heavy (non-hydrogen) atoms. The fraction of sp³-hybridized carbons (Fsp3) is 0.294. The molecule has 0 saturated carbocycles. The van der Waals surface area contributed by atoms with E-state index in [1.807, 2.05) is 56.4 Å². The highest BCUT2D eigenvalue weighted by atomic mass is 16.2. The molecular weight excluding hydrogens is 248 g/mol. The van der Waals surface area contributed by atoms with Crippen LogP contribution in [0.1, 0.15) is 24.1 Å². The van der Waals surface area contributed by atoms with Crippen molar-refractivity contribution in [2.75, 3.05) is 11.9 Å². The van der Waals surface area contributed by atoms with Gasteiger partial charge in [0.2, 0.25) is 5.91 Å². The molecule has 0 unspecified atom stereocenters. The molecule has 1 aromatic carbocycles. The van der Waals surface area contributed by atoms with E-state index < -0.39 is 0 Å². The van der Waals surface area contributed by atoms with E-state index in [1.54, 1.807) is 11.1 Å². The summed E-state index contributed by atoms with van der Waals surface area (Å²) in [5, 5.41) is 0. The second-order valence-electron chi connectivity index (χ2n) is 4.97. The molecule has 0 radical (unpaired) electrons. The minimum Gasteiger partial charge on any atom is -0.315 e. The van der Waals surface area contributed by atoms with E-state index in [9.17, 15) is 4.79 Å². The Bertz CT molecular complexity index is 566. The summed E-state index contributed by atoms with van der Waals surface area (Å²) in [5.74, 6) is 0.145. The first kappa shape index (κ1) is 14.3. The van der Waals surface area contributed by atoms with E-state index in [-0.39, 0.29) is 5.91 Å². The Morgan fingerprint density at radius 2 is 2.05 bits per heavy atom. The number of anilines is 1. The van der Waals surface area contributed by atoms with Crippen molar-refractivity contribution in [3.63, 3.8) is 0 Å². The number of nitrogens with zero attached hydrogens (tertiary/aromatic N) is 2. The predicted octanol–water partition coefficient (Wildman–Crippen LogP) is 3.38. The third kappa shape index (κ3) is 3.92. The van der Waals surface area contributed by atoms with E-state index in [0.29, 0.717) is 6.42 Å². The van der Waals surface area contributed by atoms with Gasteiger partial charge in [0.25, 0.3) is 0 Å². The summed E-state index contributed by atoms with van der Waals surface area (Å²) in [6, 6.07) is 13.9. The van der Waals surface area contributed by atoms with E-state index in [1.165, 1.54) is 0 Å². The van der Waals surface area contributed by atoms with Crippen molar-refractivity contribution in [3.8, 4) is 0 Å². The second-order valence-corrected chi connectivity index (χ2v) is 4.97. The van der Waals surface area contributed by atoms with Gasteiger partial charge in [0, 0.05) is 31.0 Å². The monoisotopic (exact) mass is 268 g/mol. The van der Waals surface area contributed by atoms with Crippen molar-refractivity contribution in [2.24, 2.45) is 0 Å². The van der Waals surface area contributed by atoms with Crippen LogP contribution in [-0.2, 0) is 11.2 Å². The van der Waals surface area contributed by atoms with Crippen LogP contribution in [0, 0.1) is 6.92 Å². The Hall–Kier alpha value is -2.16. The van der Waals surface area contributed by atoms with E-state index >= 15 is 0 Å². The number of aryl methyl sites for hydroxylation is 2. The first-order valence-corrected chi connectivity index (χ1v) is 6.90. The van der Waals surface area contributed by atoms with Crippen molar-refractivity contribution in [2.45, 2.75) is 26.2 Å². The third-order valence-corrected chi connectivity index (χ3v) is 3.31. The SMILES string of the molecule is Cc1cccc(N(C)C(=O)CCCc2ccccn2)c1. The first-order chi connectivity index (χ1) is 9.66. The van der Waals surface area contributed by atoms with Crippen molar-refractivity contribution in [3.05, 3.63) is 59.9 Å². The average Bonchev–Trinajstić information content (AvgIpc) is 2.47. The van der Waals surface area contributed by atoms with Crippen LogP contribution < -0.4 is 4.90 Å². The minimum atomic E-state index is 0.145. The van der Waals surface area contributed by atoms with Gasteiger partial charge in [-0.3, -0.25) is 9.78 Å². The highest BCUT2D eigenvalue weighted by Gasteiger charge is 2.10. The third-order valence-electron chi connectivity index (χ3n) is 3.31. The molecule has 1 heterocycles. The largest absolute Gasteiger partial charge is 0.315 e. The molecule has 3 nitrogen and oxygen atoms in total. The van der Waals surface area contributed by atoms with Gasteiger partial charge in [-0.05, 0) is 49.6 Å². The molecular formula is C17H20N2O. The lowest BCUT2D eigenvalue weighted by Crippen LogP contribution is -2.26. The molecule has 0 atom stereocenters. The molecule has 1 amide bonds. The molecule has 0 bridgehead atoms. The average molecular weight is 268 g/mol. The number of rotatable bonds is 5. The number of amides is 1. The molecule has 2 rings (SSSR count). The fourth-order valence-corrected chi connectivity index (χ4v) is 2.12. The van der Waals surface area contributed by atoms with Crippen LogP contribution in [0.3, 0.4) is 0 Å². The van der Waals surface area contributed by atoms with Gasteiger partial charge in [0.1, 0.15) is 0 Å². The van der Waals surface area contributed by atoms with Crippen LogP contribution >= 0.6 is 0 Å². The molecule has 0 aliphatic heterocycles. The molecule has 3 heteroatoms. The van der Waals surface area contributed by atoms with Gasteiger partial charge >= 0.3 is 0 Å². The van der Waals surface area contributed by atoms with E-state index in [4.69, 9.17) is 0 Å². The number of hydrogen-bond donors (Lipinski definition) is 0. The molecule has 2 aromatic rings. The topological polar surface area (TPSA) is 33.2 Å². The van der Waals surface area contributed by atoms with E-state index in [2.05, 4.69) is 4.98 Å². The van der Waals surface area contributed by atoms with Crippen molar-refractivity contribution in [1.29, 1.82) is 0 Å². The summed E-state index contributed by atoms with van der Waals surface area (Å²) < 4.78 is 0. The predicted molar refractivity (Wildman–Crippen MR) is 81.8 cm³/mol. The minimum absolute atomic E-state index is 0.145. The number of carbonyl (C=O) groups is 1. The molecule has 104 valence electrons. The maximum Gasteiger partial charge on any atom is 0.226 e. The zero-order chi connectivity index (χ0) is 14.4. The molecule has 0 fully saturated rings. The van der Waals surface area contributed by atoms with Gasteiger partial charge in [-0.25, -0.2) is 0 Å². The Kier molecular flexibility index (Phi) is 4.88. The Balaban J connectivity index is 1.85. The maximum atomic E-state index is 12.2. The smallest absolute Gasteiger partial charge is 0.226 e. The first-order valence-electron chi connectivity index (χ1n) is 6.90. The van der Waals surface area contributed by atoms with Gasteiger partial charge in [-0.2, -0.15) is 0 Å². The maximum absolute atomic E-state index is 12.2. The summed E-state index contributed by atoms with van der Waals surface area (Å²) in [6.07, 6.45) is 4.00.